The third-order valence-electron chi connectivity index (χ3n) is 5.56. The minimum Gasteiger partial charge on any atom is -0.486 e. The third-order valence-corrected chi connectivity index (χ3v) is 7.02. The first-order chi connectivity index (χ1) is 17.0. The van der Waals surface area contributed by atoms with E-state index < -0.39 is 10.0 Å². The second kappa shape index (κ2) is 11.9. The molecular formula is C25H30N4O5S. The van der Waals surface area contributed by atoms with Crippen LogP contribution in [-0.2, 0) is 21.2 Å². The number of unbranched alkanes of at least 4 members (excludes halogenated alkanes) is 2. The molecule has 2 N–H and O–H groups in total. The Kier molecular flexibility index (Phi) is 8.38. The zero-order valence-electron chi connectivity index (χ0n) is 19.5. The van der Waals surface area contributed by atoms with Gasteiger partial charge in [0.25, 0.3) is 0 Å². The SMILES string of the molecule is O=C(CCCCCNS(=O)(=O)c1ccc2c(c1)OCCO2)NCCc1ccn(-c2ccccc2)n1. The summed E-state index contributed by atoms with van der Waals surface area (Å²) in [6, 6.07) is 16.4. The number of ether oxygens (including phenoxy) is 2. The molecular weight excluding hydrogens is 468 g/mol. The van der Waals surface area contributed by atoms with Crippen LogP contribution in [0.5, 0.6) is 11.5 Å². The summed E-state index contributed by atoms with van der Waals surface area (Å²) in [5.41, 5.74) is 1.91. The van der Waals surface area contributed by atoms with Crippen LogP contribution >= 0.6 is 0 Å². The average molecular weight is 499 g/mol. The molecule has 2 heterocycles. The molecule has 1 amide bonds. The second-order valence-electron chi connectivity index (χ2n) is 8.20. The van der Waals surface area contributed by atoms with Crippen LogP contribution in [0.2, 0.25) is 0 Å². The highest BCUT2D eigenvalue weighted by Gasteiger charge is 2.18. The summed E-state index contributed by atoms with van der Waals surface area (Å²) < 4.78 is 40.3. The number of carbonyl (C=O) groups excluding carboxylic acids is 1. The molecule has 186 valence electrons. The van der Waals surface area contributed by atoms with Crippen molar-refractivity contribution in [3.05, 3.63) is 66.5 Å². The fourth-order valence-electron chi connectivity index (χ4n) is 3.71. The van der Waals surface area contributed by atoms with Gasteiger partial charge in [-0.15, -0.1) is 0 Å². The van der Waals surface area contributed by atoms with E-state index >= 15 is 0 Å². The fourth-order valence-corrected chi connectivity index (χ4v) is 4.80. The van der Waals surface area contributed by atoms with E-state index in [1.165, 1.54) is 12.1 Å². The molecule has 0 unspecified atom stereocenters. The lowest BCUT2D eigenvalue weighted by Gasteiger charge is -2.18. The van der Waals surface area contributed by atoms with Crippen LogP contribution < -0.4 is 19.5 Å². The van der Waals surface area contributed by atoms with Gasteiger partial charge in [0.15, 0.2) is 11.5 Å². The van der Waals surface area contributed by atoms with Crippen molar-refractivity contribution in [1.29, 1.82) is 0 Å². The van der Waals surface area contributed by atoms with E-state index in [1.54, 1.807) is 6.07 Å². The zero-order chi connectivity index (χ0) is 24.5. The molecule has 1 aliphatic heterocycles. The predicted octanol–water partition coefficient (Wildman–Crippen LogP) is 2.84. The molecule has 1 aromatic heterocycles. The Morgan fingerprint density at radius 1 is 0.943 bits per heavy atom. The first-order valence-corrected chi connectivity index (χ1v) is 13.3. The number of nitrogens with zero attached hydrogens (tertiary/aromatic N) is 2. The van der Waals surface area contributed by atoms with Gasteiger partial charge in [0, 0.05) is 38.2 Å². The maximum absolute atomic E-state index is 12.5. The van der Waals surface area contributed by atoms with Crippen LogP contribution in [0.4, 0.5) is 0 Å². The molecule has 35 heavy (non-hydrogen) atoms. The van der Waals surface area contributed by atoms with Gasteiger partial charge in [0.05, 0.1) is 16.3 Å². The number of sulfonamides is 1. The van der Waals surface area contributed by atoms with Crippen molar-refractivity contribution in [3.8, 4) is 17.2 Å². The number of amides is 1. The van der Waals surface area contributed by atoms with Crippen molar-refractivity contribution in [3.63, 3.8) is 0 Å². The number of aromatic nitrogens is 2. The summed E-state index contributed by atoms with van der Waals surface area (Å²) in [6.45, 7) is 1.69. The van der Waals surface area contributed by atoms with Gasteiger partial charge >= 0.3 is 0 Å². The first kappa shape index (κ1) is 24.7. The predicted molar refractivity (Wildman–Crippen MR) is 131 cm³/mol. The van der Waals surface area contributed by atoms with E-state index in [0.29, 0.717) is 63.5 Å². The van der Waals surface area contributed by atoms with Gasteiger partial charge in [0.2, 0.25) is 15.9 Å². The van der Waals surface area contributed by atoms with Crippen molar-refractivity contribution >= 4 is 15.9 Å². The number of hydrogen-bond donors (Lipinski definition) is 2. The highest BCUT2D eigenvalue weighted by molar-refractivity contribution is 7.89. The van der Waals surface area contributed by atoms with Crippen LogP contribution in [-0.4, -0.2) is 50.4 Å². The molecule has 10 heteroatoms. The molecule has 0 aliphatic carbocycles. The molecule has 2 aromatic carbocycles. The smallest absolute Gasteiger partial charge is 0.240 e. The van der Waals surface area contributed by atoms with E-state index in [9.17, 15) is 13.2 Å². The molecule has 0 atom stereocenters. The zero-order valence-corrected chi connectivity index (χ0v) is 20.3. The van der Waals surface area contributed by atoms with Crippen LogP contribution in [0.3, 0.4) is 0 Å². The van der Waals surface area contributed by atoms with Gasteiger partial charge in [-0.25, -0.2) is 17.8 Å². The van der Waals surface area contributed by atoms with Gasteiger partial charge in [-0.2, -0.15) is 5.10 Å². The van der Waals surface area contributed by atoms with Crippen molar-refractivity contribution in [1.82, 2.24) is 19.8 Å². The van der Waals surface area contributed by atoms with Gasteiger partial charge in [0.1, 0.15) is 13.2 Å². The molecule has 0 saturated carbocycles. The van der Waals surface area contributed by atoms with Gasteiger partial charge < -0.3 is 14.8 Å². The number of benzene rings is 2. The number of nitrogens with one attached hydrogen (secondary N) is 2. The molecule has 0 radical (unpaired) electrons. The number of carbonyl (C=O) groups is 1. The third kappa shape index (κ3) is 7.06. The molecule has 3 aromatic rings. The number of para-hydroxylation sites is 1. The monoisotopic (exact) mass is 498 g/mol. The van der Waals surface area contributed by atoms with Gasteiger partial charge in [-0.1, -0.05) is 24.6 Å². The van der Waals surface area contributed by atoms with Gasteiger partial charge in [-0.3, -0.25) is 4.79 Å². The minimum absolute atomic E-state index is 0.00986. The van der Waals surface area contributed by atoms with Crippen LogP contribution in [0.25, 0.3) is 5.69 Å². The normalized spacial score (nSPS) is 12.9. The number of hydrogen-bond acceptors (Lipinski definition) is 6. The molecule has 0 saturated heterocycles. The largest absolute Gasteiger partial charge is 0.486 e. The summed E-state index contributed by atoms with van der Waals surface area (Å²) in [7, 11) is -3.62. The highest BCUT2D eigenvalue weighted by Crippen LogP contribution is 2.32. The van der Waals surface area contributed by atoms with E-state index in [-0.39, 0.29) is 10.8 Å². The van der Waals surface area contributed by atoms with E-state index in [1.807, 2.05) is 47.3 Å². The summed E-state index contributed by atoms with van der Waals surface area (Å²) in [6.07, 6.45) is 5.07. The fraction of sp³-hybridized carbons (Fsp3) is 0.360. The number of rotatable bonds is 12. The summed E-state index contributed by atoms with van der Waals surface area (Å²) in [5.74, 6) is 0.981. The van der Waals surface area contributed by atoms with Crippen molar-refractivity contribution in [2.45, 2.75) is 37.0 Å². The summed E-state index contributed by atoms with van der Waals surface area (Å²) >= 11 is 0. The Labute approximate surface area is 205 Å². The second-order valence-corrected chi connectivity index (χ2v) is 9.97. The lowest BCUT2D eigenvalue weighted by Crippen LogP contribution is -2.26. The maximum atomic E-state index is 12.5. The standard InChI is InChI=1S/C25H30N4O5S/c30-25(26-15-12-20-13-16-29(28-20)21-7-3-1-4-8-21)9-5-2-6-14-27-35(31,32)22-10-11-23-24(19-22)34-18-17-33-23/h1,3-4,7-8,10-11,13,16,19,27H,2,5-6,9,12,14-15,17-18H2,(H,26,30). The first-order valence-electron chi connectivity index (χ1n) is 11.8. The van der Waals surface area contributed by atoms with Crippen molar-refractivity contribution < 1.29 is 22.7 Å². The molecule has 1 aliphatic rings. The minimum atomic E-state index is -3.62. The van der Waals surface area contributed by atoms with Gasteiger partial charge in [-0.05, 0) is 43.2 Å². The highest BCUT2D eigenvalue weighted by atomic mass is 32.2. The molecule has 0 spiro atoms. The molecule has 0 bridgehead atoms. The Morgan fingerprint density at radius 3 is 2.57 bits per heavy atom. The Hall–Kier alpha value is -3.37. The number of fused-ring (bicyclic) bond motifs is 1. The summed E-state index contributed by atoms with van der Waals surface area (Å²) in [5, 5.41) is 7.45. The molecule has 4 rings (SSSR count). The van der Waals surface area contributed by atoms with E-state index in [2.05, 4.69) is 15.1 Å². The Morgan fingerprint density at radius 2 is 1.74 bits per heavy atom. The van der Waals surface area contributed by atoms with Crippen molar-refractivity contribution in [2.24, 2.45) is 0 Å². The topological polar surface area (TPSA) is 112 Å². The maximum Gasteiger partial charge on any atom is 0.240 e. The van der Waals surface area contributed by atoms with Crippen molar-refractivity contribution in [2.75, 3.05) is 26.3 Å². The van der Waals surface area contributed by atoms with Crippen LogP contribution in [0.1, 0.15) is 31.4 Å². The molecule has 9 nitrogen and oxygen atoms in total. The Bertz CT molecular complexity index is 1230. The van der Waals surface area contributed by atoms with Crippen LogP contribution in [0.15, 0.2) is 65.7 Å². The lowest BCUT2D eigenvalue weighted by atomic mass is 10.2. The van der Waals surface area contributed by atoms with Crippen LogP contribution in [0, 0.1) is 0 Å². The summed E-state index contributed by atoms with van der Waals surface area (Å²) in [4.78, 5) is 12.2. The van der Waals surface area contributed by atoms with E-state index in [0.717, 1.165) is 17.8 Å². The van der Waals surface area contributed by atoms with E-state index in [4.69, 9.17) is 9.47 Å². The Balaban J connectivity index is 1.09. The quantitative estimate of drug-likeness (QED) is 0.372. The average Bonchev–Trinajstić information content (AvgIpc) is 3.35. The molecule has 0 fully saturated rings. The lowest BCUT2D eigenvalue weighted by molar-refractivity contribution is -0.121.